The summed E-state index contributed by atoms with van der Waals surface area (Å²) in [5.41, 5.74) is 0.605. The van der Waals surface area contributed by atoms with Gasteiger partial charge in [-0.3, -0.25) is 0 Å². The second-order valence-corrected chi connectivity index (χ2v) is 5.86. The fourth-order valence-corrected chi connectivity index (χ4v) is 2.97. The lowest BCUT2D eigenvalue weighted by atomic mass is 10.1. The number of halogens is 1. The largest absolute Gasteiger partial charge is 0.508 e. The number of phenolic OH excluding ortho intramolecular Hbond substituents is 1. The Balaban J connectivity index is 1.87. The van der Waals surface area contributed by atoms with Gasteiger partial charge in [0.2, 0.25) is 0 Å². The van der Waals surface area contributed by atoms with Crippen LogP contribution in [0.4, 0.5) is 4.39 Å². The maximum atomic E-state index is 13.8. The average Bonchev–Trinajstić information content (AvgIpc) is 2.39. The van der Waals surface area contributed by atoms with E-state index in [1.807, 2.05) is 6.92 Å². The second-order valence-electron chi connectivity index (χ2n) is 5.86. The molecule has 0 radical (unpaired) electrons. The van der Waals surface area contributed by atoms with Crippen LogP contribution >= 0.6 is 0 Å². The Morgan fingerprint density at radius 1 is 1.25 bits per heavy atom. The van der Waals surface area contributed by atoms with Gasteiger partial charge in [0.05, 0.1) is 0 Å². The average molecular weight is 280 g/mol. The fraction of sp³-hybridized carbons (Fsp3) is 0.625. The van der Waals surface area contributed by atoms with E-state index >= 15 is 0 Å². The third-order valence-corrected chi connectivity index (χ3v) is 3.97. The molecule has 2 atom stereocenters. The van der Waals surface area contributed by atoms with Crippen LogP contribution in [0.1, 0.15) is 44.7 Å². The molecule has 1 fully saturated rings. The third kappa shape index (κ3) is 4.18. The number of hydrogen-bond donors (Lipinski definition) is 2. The monoisotopic (exact) mass is 280 g/mol. The summed E-state index contributed by atoms with van der Waals surface area (Å²) in [6.45, 7) is 7.46. The summed E-state index contributed by atoms with van der Waals surface area (Å²) < 4.78 is 13.8. The first-order chi connectivity index (χ1) is 9.56. The minimum absolute atomic E-state index is 0.0279. The van der Waals surface area contributed by atoms with Gasteiger partial charge in [0.25, 0.3) is 0 Å². The zero-order valence-electron chi connectivity index (χ0n) is 12.4. The van der Waals surface area contributed by atoms with Gasteiger partial charge >= 0.3 is 0 Å². The molecule has 2 unspecified atom stereocenters. The van der Waals surface area contributed by atoms with Gasteiger partial charge in [0.15, 0.2) is 0 Å². The molecule has 1 aliphatic rings. The molecular formula is C16H25FN2O. The highest BCUT2D eigenvalue weighted by Gasteiger charge is 2.17. The zero-order valence-corrected chi connectivity index (χ0v) is 12.4. The molecule has 112 valence electrons. The molecule has 20 heavy (non-hydrogen) atoms. The molecule has 1 heterocycles. The number of likely N-dealkylation sites (tertiary alicyclic amines) is 1. The van der Waals surface area contributed by atoms with E-state index in [-0.39, 0.29) is 17.6 Å². The first kappa shape index (κ1) is 15.3. The summed E-state index contributed by atoms with van der Waals surface area (Å²) in [6, 6.07) is 4.61. The maximum absolute atomic E-state index is 13.8. The van der Waals surface area contributed by atoms with Crippen LogP contribution in [0.25, 0.3) is 0 Å². The van der Waals surface area contributed by atoms with Crippen molar-refractivity contribution in [1.29, 1.82) is 0 Å². The molecule has 2 rings (SSSR count). The van der Waals surface area contributed by atoms with Crippen molar-refractivity contribution in [2.75, 3.05) is 19.6 Å². The van der Waals surface area contributed by atoms with Crippen LogP contribution in [0.3, 0.4) is 0 Å². The lowest BCUT2D eigenvalue weighted by Crippen LogP contribution is -2.42. The van der Waals surface area contributed by atoms with E-state index in [1.165, 1.54) is 44.5 Å². The van der Waals surface area contributed by atoms with Crippen molar-refractivity contribution in [3.05, 3.63) is 29.6 Å². The van der Waals surface area contributed by atoms with Crippen LogP contribution in [0.2, 0.25) is 0 Å². The van der Waals surface area contributed by atoms with Crippen molar-refractivity contribution in [2.24, 2.45) is 0 Å². The number of nitrogens with zero attached hydrogens (tertiary/aromatic N) is 1. The van der Waals surface area contributed by atoms with Crippen LogP contribution in [0, 0.1) is 5.82 Å². The van der Waals surface area contributed by atoms with Crippen molar-refractivity contribution >= 4 is 0 Å². The lowest BCUT2D eigenvalue weighted by molar-refractivity contribution is 0.205. The SMILES string of the molecule is CC(CN1CCCCC1)NC(C)c1ccc(O)cc1F. The van der Waals surface area contributed by atoms with Crippen LogP contribution in [-0.4, -0.2) is 35.7 Å². The smallest absolute Gasteiger partial charge is 0.131 e. The predicted octanol–water partition coefficient (Wildman–Crippen LogP) is 3.06. The van der Waals surface area contributed by atoms with E-state index in [9.17, 15) is 9.50 Å². The van der Waals surface area contributed by atoms with E-state index in [0.717, 1.165) is 6.54 Å². The number of nitrogens with one attached hydrogen (secondary N) is 1. The molecule has 4 heteroatoms. The summed E-state index contributed by atoms with van der Waals surface area (Å²) in [5, 5.41) is 12.7. The minimum atomic E-state index is -0.352. The van der Waals surface area contributed by atoms with Crippen LogP contribution < -0.4 is 5.32 Å². The molecule has 0 aromatic heterocycles. The van der Waals surface area contributed by atoms with Gasteiger partial charge in [0, 0.05) is 30.3 Å². The van der Waals surface area contributed by atoms with E-state index in [4.69, 9.17) is 0 Å². The van der Waals surface area contributed by atoms with E-state index in [2.05, 4.69) is 17.1 Å². The minimum Gasteiger partial charge on any atom is -0.508 e. The zero-order chi connectivity index (χ0) is 14.5. The summed E-state index contributed by atoms with van der Waals surface area (Å²) in [6.07, 6.45) is 3.91. The van der Waals surface area contributed by atoms with Gasteiger partial charge in [-0.2, -0.15) is 0 Å². The number of aromatic hydroxyl groups is 1. The molecular weight excluding hydrogens is 255 g/mol. The standard InChI is InChI=1S/C16H25FN2O/c1-12(11-19-8-4-3-5-9-19)18-13(2)15-7-6-14(20)10-16(15)17/h6-7,10,12-13,18,20H,3-5,8-9,11H2,1-2H3. The Labute approximate surface area is 120 Å². The maximum Gasteiger partial charge on any atom is 0.131 e. The van der Waals surface area contributed by atoms with Crippen LogP contribution in [0.5, 0.6) is 5.75 Å². The Kier molecular flexibility index (Phi) is 5.38. The van der Waals surface area contributed by atoms with Crippen LogP contribution in [-0.2, 0) is 0 Å². The first-order valence-corrected chi connectivity index (χ1v) is 7.53. The molecule has 1 saturated heterocycles. The summed E-state index contributed by atoms with van der Waals surface area (Å²) in [4.78, 5) is 2.47. The Morgan fingerprint density at radius 2 is 1.95 bits per heavy atom. The van der Waals surface area contributed by atoms with E-state index in [0.29, 0.717) is 11.6 Å². The molecule has 0 aliphatic carbocycles. The predicted molar refractivity (Wildman–Crippen MR) is 79.4 cm³/mol. The normalized spacial score (nSPS) is 19.8. The lowest BCUT2D eigenvalue weighted by Gasteiger charge is -2.30. The van der Waals surface area contributed by atoms with Crippen molar-refractivity contribution in [1.82, 2.24) is 10.2 Å². The fourth-order valence-electron chi connectivity index (χ4n) is 2.97. The molecule has 1 aromatic rings. The number of benzene rings is 1. The Morgan fingerprint density at radius 3 is 2.60 bits per heavy atom. The van der Waals surface area contributed by atoms with E-state index < -0.39 is 0 Å². The van der Waals surface area contributed by atoms with Gasteiger partial charge in [-0.1, -0.05) is 12.5 Å². The van der Waals surface area contributed by atoms with Gasteiger partial charge < -0.3 is 15.3 Å². The molecule has 0 saturated carbocycles. The van der Waals surface area contributed by atoms with Gasteiger partial charge in [-0.25, -0.2) is 4.39 Å². The molecule has 0 spiro atoms. The highest BCUT2D eigenvalue weighted by Crippen LogP contribution is 2.21. The quantitative estimate of drug-likeness (QED) is 0.870. The van der Waals surface area contributed by atoms with E-state index in [1.54, 1.807) is 6.07 Å². The van der Waals surface area contributed by atoms with Crippen molar-refractivity contribution in [2.45, 2.75) is 45.2 Å². The molecule has 0 amide bonds. The number of hydrogen-bond acceptors (Lipinski definition) is 3. The first-order valence-electron chi connectivity index (χ1n) is 7.53. The molecule has 2 N–H and O–H groups in total. The number of rotatable bonds is 5. The van der Waals surface area contributed by atoms with Gasteiger partial charge in [-0.15, -0.1) is 0 Å². The van der Waals surface area contributed by atoms with Crippen molar-refractivity contribution in [3.63, 3.8) is 0 Å². The summed E-state index contributed by atoms with van der Waals surface area (Å²) in [5.74, 6) is -0.380. The Bertz CT molecular complexity index is 432. The van der Waals surface area contributed by atoms with Gasteiger partial charge in [-0.05, 0) is 45.8 Å². The number of phenols is 1. The highest BCUT2D eigenvalue weighted by molar-refractivity contribution is 5.29. The molecule has 1 aromatic carbocycles. The topological polar surface area (TPSA) is 35.5 Å². The Hall–Kier alpha value is -1.13. The molecule has 0 bridgehead atoms. The third-order valence-electron chi connectivity index (χ3n) is 3.97. The summed E-state index contributed by atoms with van der Waals surface area (Å²) >= 11 is 0. The van der Waals surface area contributed by atoms with Gasteiger partial charge in [0.1, 0.15) is 11.6 Å². The number of piperidine rings is 1. The van der Waals surface area contributed by atoms with Crippen LogP contribution in [0.15, 0.2) is 18.2 Å². The van der Waals surface area contributed by atoms with Crippen molar-refractivity contribution < 1.29 is 9.50 Å². The van der Waals surface area contributed by atoms with Crippen molar-refractivity contribution in [3.8, 4) is 5.75 Å². The molecule has 3 nitrogen and oxygen atoms in total. The molecule has 1 aliphatic heterocycles. The summed E-state index contributed by atoms with van der Waals surface area (Å²) in [7, 11) is 0. The highest BCUT2D eigenvalue weighted by atomic mass is 19.1. The second kappa shape index (κ2) is 7.04.